The summed E-state index contributed by atoms with van der Waals surface area (Å²) in [7, 11) is 0. The highest BCUT2D eigenvalue weighted by Gasteiger charge is 2.23. The number of rotatable bonds is 5. The first kappa shape index (κ1) is 8.72. The van der Waals surface area contributed by atoms with E-state index >= 15 is 0 Å². The standard InChI is InChI=1S/C9H17NO/c1-7(2)10-6-9(11)5-8-3-4-8/h7-8,10H,3-6H2,1-2H3. The Kier molecular flexibility index (Phi) is 3.06. The van der Waals surface area contributed by atoms with E-state index in [1.54, 1.807) is 0 Å². The molecule has 1 aliphatic rings. The summed E-state index contributed by atoms with van der Waals surface area (Å²) in [5, 5.41) is 3.13. The van der Waals surface area contributed by atoms with Crippen LogP contribution in [0.15, 0.2) is 0 Å². The molecule has 1 N–H and O–H groups in total. The third kappa shape index (κ3) is 4.14. The second-order valence-electron chi connectivity index (χ2n) is 3.72. The molecule has 0 radical (unpaired) electrons. The van der Waals surface area contributed by atoms with Gasteiger partial charge in [-0.3, -0.25) is 4.79 Å². The molecule has 0 bridgehead atoms. The Morgan fingerprint density at radius 1 is 1.55 bits per heavy atom. The first-order valence-corrected chi connectivity index (χ1v) is 4.43. The quantitative estimate of drug-likeness (QED) is 0.649. The maximum absolute atomic E-state index is 11.1. The second kappa shape index (κ2) is 3.86. The summed E-state index contributed by atoms with van der Waals surface area (Å²) in [6.45, 7) is 4.68. The number of carbonyl (C=O) groups excluding carboxylic acids is 1. The summed E-state index contributed by atoms with van der Waals surface area (Å²) in [5.41, 5.74) is 0. The maximum Gasteiger partial charge on any atom is 0.146 e. The number of Topliss-reactive ketones (excluding diaryl/α,β-unsaturated/α-hetero) is 1. The Labute approximate surface area is 68.4 Å². The lowest BCUT2D eigenvalue weighted by molar-refractivity contribution is -0.118. The summed E-state index contributed by atoms with van der Waals surface area (Å²) in [4.78, 5) is 11.1. The van der Waals surface area contributed by atoms with E-state index in [1.807, 2.05) is 0 Å². The van der Waals surface area contributed by atoms with Crippen LogP contribution in [0, 0.1) is 5.92 Å². The van der Waals surface area contributed by atoms with Gasteiger partial charge in [-0.25, -0.2) is 0 Å². The number of hydrogen-bond donors (Lipinski definition) is 1. The summed E-state index contributed by atoms with van der Waals surface area (Å²) < 4.78 is 0. The van der Waals surface area contributed by atoms with Gasteiger partial charge in [-0.2, -0.15) is 0 Å². The van der Waals surface area contributed by atoms with Gasteiger partial charge in [-0.15, -0.1) is 0 Å². The van der Waals surface area contributed by atoms with E-state index in [1.165, 1.54) is 12.8 Å². The molecule has 0 saturated heterocycles. The first-order chi connectivity index (χ1) is 5.18. The lowest BCUT2D eigenvalue weighted by Crippen LogP contribution is -2.29. The highest BCUT2D eigenvalue weighted by Crippen LogP contribution is 2.32. The van der Waals surface area contributed by atoms with Crippen molar-refractivity contribution >= 4 is 5.78 Å². The van der Waals surface area contributed by atoms with Crippen molar-refractivity contribution in [1.29, 1.82) is 0 Å². The summed E-state index contributed by atoms with van der Waals surface area (Å²) in [5.74, 6) is 1.11. The number of carbonyl (C=O) groups is 1. The van der Waals surface area contributed by atoms with E-state index < -0.39 is 0 Å². The van der Waals surface area contributed by atoms with Gasteiger partial charge < -0.3 is 5.32 Å². The Balaban J connectivity index is 2.00. The van der Waals surface area contributed by atoms with Crippen LogP contribution < -0.4 is 5.32 Å². The molecule has 11 heavy (non-hydrogen) atoms. The normalized spacial score (nSPS) is 17.4. The Bertz CT molecular complexity index is 138. The van der Waals surface area contributed by atoms with Crippen LogP contribution in [0.2, 0.25) is 0 Å². The molecule has 0 aromatic rings. The van der Waals surface area contributed by atoms with Gasteiger partial charge in [0.25, 0.3) is 0 Å². The maximum atomic E-state index is 11.1. The molecule has 2 heteroatoms. The topological polar surface area (TPSA) is 29.1 Å². The second-order valence-corrected chi connectivity index (χ2v) is 3.72. The summed E-state index contributed by atoms with van der Waals surface area (Å²) >= 11 is 0. The molecule has 1 aliphatic carbocycles. The lowest BCUT2D eigenvalue weighted by atomic mass is 10.2. The van der Waals surface area contributed by atoms with Crippen LogP contribution in [-0.2, 0) is 4.79 Å². The van der Waals surface area contributed by atoms with Crippen molar-refractivity contribution in [2.45, 2.75) is 39.2 Å². The zero-order chi connectivity index (χ0) is 8.27. The Morgan fingerprint density at radius 3 is 2.64 bits per heavy atom. The monoisotopic (exact) mass is 155 g/mol. The minimum Gasteiger partial charge on any atom is -0.308 e. The minimum absolute atomic E-state index is 0.376. The van der Waals surface area contributed by atoms with Crippen molar-refractivity contribution in [3.8, 4) is 0 Å². The van der Waals surface area contributed by atoms with E-state index in [2.05, 4.69) is 19.2 Å². The molecule has 0 unspecified atom stereocenters. The van der Waals surface area contributed by atoms with Gasteiger partial charge in [-0.05, 0) is 18.8 Å². The van der Waals surface area contributed by atoms with Crippen molar-refractivity contribution in [2.75, 3.05) is 6.54 Å². The fourth-order valence-electron chi connectivity index (χ4n) is 1.03. The van der Waals surface area contributed by atoms with Crippen LogP contribution in [0.5, 0.6) is 0 Å². The van der Waals surface area contributed by atoms with Gasteiger partial charge in [0.05, 0.1) is 6.54 Å². The van der Waals surface area contributed by atoms with Crippen molar-refractivity contribution in [2.24, 2.45) is 5.92 Å². The zero-order valence-electron chi connectivity index (χ0n) is 7.39. The van der Waals surface area contributed by atoms with Gasteiger partial charge in [0.15, 0.2) is 0 Å². The van der Waals surface area contributed by atoms with Crippen LogP contribution in [0.1, 0.15) is 33.1 Å². The molecule has 0 aromatic carbocycles. The SMILES string of the molecule is CC(C)NCC(=O)CC1CC1. The summed E-state index contributed by atoms with van der Waals surface area (Å²) in [6, 6.07) is 0.429. The molecule has 0 amide bonds. The highest BCUT2D eigenvalue weighted by molar-refractivity contribution is 5.80. The van der Waals surface area contributed by atoms with Gasteiger partial charge in [0.1, 0.15) is 5.78 Å². The fraction of sp³-hybridized carbons (Fsp3) is 0.889. The molecular formula is C9H17NO. The Hall–Kier alpha value is -0.370. The van der Waals surface area contributed by atoms with Crippen molar-refractivity contribution in [3.05, 3.63) is 0 Å². The van der Waals surface area contributed by atoms with E-state index in [0.29, 0.717) is 18.4 Å². The van der Waals surface area contributed by atoms with Gasteiger partial charge in [-0.1, -0.05) is 13.8 Å². The molecule has 1 rings (SSSR count). The fourth-order valence-corrected chi connectivity index (χ4v) is 1.03. The molecule has 0 aliphatic heterocycles. The molecule has 64 valence electrons. The molecule has 1 saturated carbocycles. The zero-order valence-corrected chi connectivity index (χ0v) is 7.39. The molecule has 2 nitrogen and oxygen atoms in total. The van der Waals surface area contributed by atoms with E-state index in [0.717, 1.165) is 12.3 Å². The van der Waals surface area contributed by atoms with Crippen LogP contribution >= 0.6 is 0 Å². The van der Waals surface area contributed by atoms with Crippen LogP contribution in [-0.4, -0.2) is 18.4 Å². The third-order valence-corrected chi connectivity index (χ3v) is 1.92. The molecule has 0 atom stereocenters. The average Bonchev–Trinajstić information content (AvgIpc) is 2.67. The van der Waals surface area contributed by atoms with E-state index in [4.69, 9.17) is 0 Å². The van der Waals surface area contributed by atoms with Crippen LogP contribution in [0.3, 0.4) is 0 Å². The van der Waals surface area contributed by atoms with Crippen molar-refractivity contribution in [1.82, 2.24) is 5.32 Å². The molecule has 0 aromatic heterocycles. The number of ketones is 1. The van der Waals surface area contributed by atoms with E-state index in [-0.39, 0.29) is 0 Å². The molecular weight excluding hydrogens is 138 g/mol. The molecule has 0 spiro atoms. The van der Waals surface area contributed by atoms with Crippen molar-refractivity contribution in [3.63, 3.8) is 0 Å². The minimum atomic E-state index is 0.376. The predicted molar refractivity (Wildman–Crippen MR) is 45.5 cm³/mol. The molecule has 0 heterocycles. The predicted octanol–water partition coefficient (Wildman–Crippen LogP) is 1.35. The largest absolute Gasteiger partial charge is 0.308 e. The first-order valence-electron chi connectivity index (χ1n) is 4.43. The van der Waals surface area contributed by atoms with Crippen LogP contribution in [0.25, 0.3) is 0 Å². The molecule has 1 fully saturated rings. The lowest BCUT2D eigenvalue weighted by Gasteiger charge is -2.05. The van der Waals surface area contributed by atoms with E-state index in [9.17, 15) is 4.79 Å². The van der Waals surface area contributed by atoms with Gasteiger partial charge >= 0.3 is 0 Å². The van der Waals surface area contributed by atoms with Gasteiger partial charge in [0.2, 0.25) is 0 Å². The van der Waals surface area contributed by atoms with Gasteiger partial charge in [0, 0.05) is 12.5 Å². The highest BCUT2D eigenvalue weighted by atomic mass is 16.1. The van der Waals surface area contributed by atoms with Crippen LogP contribution in [0.4, 0.5) is 0 Å². The smallest absolute Gasteiger partial charge is 0.146 e. The number of hydrogen-bond acceptors (Lipinski definition) is 2. The summed E-state index contributed by atoms with van der Waals surface area (Å²) in [6.07, 6.45) is 3.35. The Morgan fingerprint density at radius 2 is 2.18 bits per heavy atom. The third-order valence-electron chi connectivity index (χ3n) is 1.92. The number of nitrogens with one attached hydrogen (secondary N) is 1. The average molecular weight is 155 g/mol. The van der Waals surface area contributed by atoms with Crippen molar-refractivity contribution < 1.29 is 4.79 Å².